The summed E-state index contributed by atoms with van der Waals surface area (Å²) in [5.74, 6) is 0. The Morgan fingerprint density at radius 3 is 1.97 bits per heavy atom. The van der Waals surface area contributed by atoms with Gasteiger partial charge < -0.3 is 0 Å². The molecule has 1 aliphatic rings. The number of hydrogen-bond acceptors (Lipinski definition) is 0. The van der Waals surface area contributed by atoms with Crippen LogP contribution in [0.2, 0.25) is 0 Å². The van der Waals surface area contributed by atoms with Crippen molar-refractivity contribution in [1.29, 1.82) is 0 Å². The van der Waals surface area contributed by atoms with Crippen molar-refractivity contribution < 1.29 is 4.68 Å². The number of rotatable bonds is 4. The first-order chi connectivity index (χ1) is 18.8. The van der Waals surface area contributed by atoms with Crippen molar-refractivity contribution in [2.24, 2.45) is 0 Å². The summed E-state index contributed by atoms with van der Waals surface area (Å²) in [6.45, 7) is 11.7. The molecule has 39 heavy (non-hydrogen) atoms. The van der Waals surface area contributed by atoms with Gasteiger partial charge in [0.2, 0.25) is 6.20 Å². The van der Waals surface area contributed by atoms with Crippen LogP contribution in [0, 0.1) is 0 Å². The van der Waals surface area contributed by atoms with Crippen molar-refractivity contribution in [2.75, 3.05) is 0 Å². The number of hydrogen-bond donors (Lipinski definition) is 0. The quantitative estimate of drug-likeness (QED) is 0.165. The molecule has 0 saturated carbocycles. The third-order valence-electron chi connectivity index (χ3n) is 9.30. The highest BCUT2D eigenvalue weighted by molar-refractivity contribution is 6.16. The predicted octanol–water partition coefficient (Wildman–Crippen LogP) is 9.24. The van der Waals surface area contributed by atoms with Crippen molar-refractivity contribution in [1.82, 2.24) is 4.52 Å². The van der Waals surface area contributed by atoms with E-state index in [0.29, 0.717) is 0 Å². The summed E-state index contributed by atoms with van der Waals surface area (Å²) in [5, 5.41) is 4.04. The van der Waals surface area contributed by atoms with E-state index in [9.17, 15) is 0 Å². The summed E-state index contributed by atoms with van der Waals surface area (Å²) < 4.78 is 5.18. The van der Waals surface area contributed by atoms with Gasteiger partial charge in [-0.05, 0) is 44.7 Å². The van der Waals surface area contributed by atoms with Gasteiger partial charge in [-0.3, -0.25) is 0 Å². The van der Waals surface area contributed by atoms with Crippen LogP contribution in [0.4, 0.5) is 0 Å². The fraction of sp³-hybridized carbons (Fsp3) is 0.270. The molecular formula is C37H37N2+. The maximum Gasteiger partial charge on any atom is 0.205 e. The molecule has 0 saturated heterocycles. The van der Waals surface area contributed by atoms with E-state index in [0.717, 1.165) is 19.3 Å². The summed E-state index contributed by atoms with van der Waals surface area (Å²) >= 11 is 0. The van der Waals surface area contributed by atoms with E-state index >= 15 is 0 Å². The Labute approximate surface area is 231 Å². The lowest BCUT2D eigenvalue weighted by Crippen LogP contribution is -2.62. The maximum absolute atomic E-state index is 2.60. The Kier molecular flexibility index (Phi) is 5.29. The Bertz CT molecular complexity index is 1860. The average molecular weight is 510 g/mol. The van der Waals surface area contributed by atoms with E-state index in [1.165, 1.54) is 60.6 Å². The van der Waals surface area contributed by atoms with Gasteiger partial charge >= 0.3 is 0 Å². The van der Waals surface area contributed by atoms with Crippen LogP contribution in [0.1, 0.15) is 58.6 Å². The monoisotopic (exact) mass is 509 g/mol. The van der Waals surface area contributed by atoms with Crippen LogP contribution in [0.3, 0.4) is 0 Å². The molecule has 2 aromatic heterocycles. The van der Waals surface area contributed by atoms with Gasteiger partial charge in [0.15, 0.2) is 5.54 Å². The van der Waals surface area contributed by atoms with Gasteiger partial charge in [0, 0.05) is 30.0 Å². The molecule has 6 aromatic rings. The van der Waals surface area contributed by atoms with Gasteiger partial charge in [-0.15, -0.1) is 9.20 Å². The molecule has 0 atom stereocenters. The maximum atomic E-state index is 2.60. The molecule has 0 fully saturated rings. The molecular weight excluding hydrogens is 472 g/mol. The molecule has 0 radical (unpaired) electrons. The fourth-order valence-electron chi connectivity index (χ4n) is 6.88. The van der Waals surface area contributed by atoms with Gasteiger partial charge in [0.1, 0.15) is 11.0 Å². The van der Waals surface area contributed by atoms with Crippen LogP contribution >= 0.6 is 0 Å². The molecule has 0 unspecified atom stereocenters. The molecule has 7 rings (SSSR count). The first kappa shape index (κ1) is 24.2. The van der Waals surface area contributed by atoms with Crippen LogP contribution in [-0.2, 0) is 17.4 Å². The van der Waals surface area contributed by atoms with Crippen molar-refractivity contribution in [3.8, 4) is 22.3 Å². The summed E-state index contributed by atoms with van der Waals surface area (Å²) in [4.78, 5) is 0. The first-order valence-electron chi connectivity index (χ1n) is 14.5. The molecule has 0 amide bonds. The second-order valence-electron chi connectivity index (χ2n) is 12.4. The number of fused-ring (bicyclic) bond motifs is 3. The predicted molar refractivity (Wildman–Crippen MR) is 164 cm³/mol. The molecule has 0 spiro atoms. The van der Waals surface area contributed by atoms with E-state index in [2.05, 4.69) is 141 Å². The highest BCUT2D eigenvalue weighted by Gasteiger charge is 2.45. The molecule has 0 N–H and O–H groups in total. The van der Waals surface area contributed by atoms with Crippen LogP contribution in [0.15, 0.2) is 97.2 Å². The Hall–Kier alpha value is -3.91. The molecule has 2 nitrogen and oxygen atoms in total. The van der Waals surface area contributed by atoms with E-state index in [-0.39, 0.29) is 11.0 Å². The standard InChI is InChI=1S/C37H37N2/c1-6-37(7-2)23-28-21-29(36(3,4)5)22-32-30-15-11-12-16-31(30)35-33(24-38(37)39(35)34(28)32)27-19-17-26(18-20-27)25-13-9-8-10-14-25/h8-22,24H,6-7,23H2,1-5H3/q+1. The van der Waals surface area contributed by atoms with E-state index in [1.54, 1.807) is 0 Å². The summed E-state index contributed by atoms with van der Waals surface area (Å²) in [6, 6.07) is 33.8. The minimum absolute atomic E-state index is 0.0457. The lowest BCUT2D eigenvalue weighted by Gasteiger charge is -2.31. The van der Waals surface area contributed by atoms with Gasteiger partial charge in [-0.2, -0.15) is 0 Å². The zero-order valence-electron chi connectivity index (χ0n) is 23.8. The van der Waals surface area contributed by atoms with E-state index in [4.69, 9.17) is 0 Å². The normalized spacial score (nSPS) is 14.6. The highest BCUT2D eigenvalue weighted by Crippen LogP contribution is 2.43. The Balaban J connectivity index is 1.60. The fourth-order valence-corrected chi connectivity index (χ4v) is 6.88. The number of aromatic nitrogens is 2. The zero-order valence-corrected chi connectivity index (χ0v) is 23.8. The van der Waals surface area contributed by atoms with Gasteiger partial charge in [0.05, 0.1) is 5.56 Å². The first-order valence-corrected chi connectivity index (χ1v) is 14.5. The molecule has 0 aliphatic carbocycles. The smallest absolute Gasteiger partial charge is 0.118 e. The minimum Gasteiger partial charge on any atom is -0.118 e. The molecule has 4 aromatic carbocycles. The molecule has 2 heteroatoms. The number of nitrogens with zero attached hydrogens (tertiary/aromatic N) is 2. The Morgan fingerprint density at radius 2 is 1.31 bits per heavy atom. The minimum atomic E-state index is 0.0457. The average Bonchev–Trinajstić information content (AvgIpc) is 3.38. The second kappa shape index (κ2) is 8.55. The summed E-state index contributed by atoms with van der Waals surface area (Å²) in [7, 11) is 0. The van der Waals surface area contributed by atoms with Crippen molar-refractivity contribution >= 4 is 27.2 Å². The zero-order chi connectivity index (χ0) is 26.9. The topological polar surface area (TPSA) is 8.29 Å². The van der Waals surface area contributed by atoms with Crippen LogP contribution in [0.25, 0.3) is 49.4 Å². The van der Waals surface area contributed by atoms with Crippen molar-refractivity contribution in [3.05, 3.63) is 108 Å². The van der Waals surface area contributed by atoms with Crippen LogP contribution in [-0.4, -0.2) is 4.52 Å². The molecule has 3 heterocycles. The lowest BCUT2D eigenvalue weighted by molar-refractivity contribution is -0.822. The lowest BCUT2D eigenvalue weighted by atomic mass is 9.79. The molecule has 0 bridgehead atoms. The largest absolute Gasteiger partial charge is 0.205 e. The van der Waals surface area contributed by atoms with Crippen LogP contribution < -0.4 is 4.68 Å². The van der Waals surface area contributed by atoms with E-state index in [1.807, 2.05) is 0 Å². The summed E-state index contributed by atoms with van der Waals surface area (Å²) in [5.41, 5.74) is 10.8. The second-order valence-corrected chi connectivity index (χ2v) is 12.4. The number of benzene rings is 4. The van der Waals surface area contributed by atoms with Crippen LogP contribution in [0.5, 0.6) is 0 Å². The van der Waals surface area contributed by atoms with E-state index < -0.39 is 0 Å². The molecule has 194 valence electrons. The third kappa shape index (κ3) is 3.50. The number of pyridine rings is 1. The Morgan fingerprint density at radius 1 is 0.692 bits per heavy atom. The van der Waals surface area contributed by atoms with Gasteiger partial charge in [-0.1, -0.05) is 120 Å². The van der Waals surface area contributed by atoms with Crippen molar-refractivity contribution in [2.45, 2.75) is 64.8 Å². The SMILES string of the molecule is CCC1(CC)Cc2cc(C(C)(C)C)cc3c4ccccc4c4c(-c5ccc(-c6ccccc6)cc5)c[n+]1n4c23. The van der Waals surface area contributed by atoms with Gasteiger partial charge in [0.25, 0.3) is 0 Å². The van der Waals surface area contributed by atoms with Crippen molar-refractivity contribution in [3.63, 3.8) is 0 Å². The third-order valence-corrected chi connectivity index (χ3v) is 9.30. The molecule has 1 aliphatic heterocycles. The van der Waals surface area contributed by atoms with Gasteiger partial charge in [-0.25, -0.2) is 0 Å². The summed E-state index contributed by atoms with van der Waals surface area (Å²) in [6.07, 6.45) is 5.71. The highest BCUT2D eigenvalue weighted by atomic mass is 15.4.